The predicted molar refractivity (Wildman–Crippen MR) is 105 cm³/mol. The normalized spacial score (nSPS) is 11.5. The first kappa shape index (κ1) is 19.9. The average Bonchev–Trinajstić information content (AvgIpc) is 3.09. The molecule has 1 heterocycles. The molecule has 0 bridgehead atoms. The van der Waals surface area contributed by atoms with E-state index in [-0.39, 0.29) is 11.4 Å². The minimum atomic E-state index is -0.767. The Labute approximate surface area is 167 Å². The van der Waals surface area contributed by atoms with E-state index in [1.165, 1.54) is 0 Å². The molecule has 0 aliphatic heterocycles. The lowest BCUT2D eigenvalue weighted by atomic mass is 9.98. The molecule has 1 unspecified atom stereocenters. The molecule has 0 radical (unpaired) electrons. The second-order valence-corrected chi connectivity index (χ2v) is 6.27. The van der Waals surface area contributed by atoms with Gasteiger partial charge in [-0.1, -0.05) is 47.6 Å². The predicted octanol–water partition coefficient (Wildman–Crippen LogP) is 2.64. The topological polar surface area (TPSA) is 117 Å². The van der Waals surface area contributed by atoms with Gasteiger partial charge in [-0.2, -0.15) is 0 Å². The Balaban J connectivity index is 1.72. The molecule has 8 nitrogen and oxygen atoms in total. The third-order valence-corrected chi connectivity index (χ3v) is 4.31. The van der Waals surface area contributed by atoms with E-state index >= 15 is 0 Å². The second kappa shape index (κ2) is 8.92. The number of nitrogen functional groups attached to an aromatic ring is 1. The number of hydrogen-bond acceptors (Lipinski definition) is 7. The summed E-state index contributed by atoms with van der Waals surface area (Å²) in [6.07, 6.45) is 0. The molecule has 8 heteroatoms. The summed E-state index contributed by atoms with van der Waals surface area (Å²) in [6.45, 7) is 1.09. The molecular weight excluding hydrogens is 374 g/mol. The minimum Gasteiger partial charge on any atom is -0.497 e. The number of anilines is 1. The third kappa shape index (κ3) is 4.73. The van der Waals surface area contributed by atoms with Gasteiger partial charge in [0.05, 0.1) is 18.8 Å². The van der Waals surface area contributed by atoms with Gasteiger partial charge in [-0.15, -0.1) is 0 Å². The van der Waals surface area contributed by atoms with E-state index in [1.807, 2.05) is 54.6 Å². The van der Waals surface area contributed by atoms with Crippen molar-refractivity contribution in [2.75, 3.05) is 19.5 Å². The summed E-state index contributed by atoms with van der Waals surface area (Å²) in [5.41, 5.74) is 7.63. The lowest BCUT2D eigenvalue weighted by Crippen LogP contribution is -2.33. The monoisotopic (exact) mass is 395 g/mol. The van der Waals surface area contributed by atoms with Crippen LogP contribution in [-0.2, 0) is 9.53 Å². The fourth-order valence-corrected chi connectivity index (χ4v) is 2.84. The average molecular weight is 395 g/mol. The number of carbonyl (C=O) groups is 2. The van der Waals surface area contributed by atoms with Crippen LogP contribution < -0.4 is 15.8 Å². The van der Waals surface area contributed by atoms with E-state index in [4.69, 9.17) is 19.7 Å². The molecule has 0 aliphatic rings. The number of nitrogens with one attached hydrogen (secondary N) is 1. The van der Waals surface area contributed by atoms with Crippen LogP contribution in [-0.4, -0.2) is 30.7 Å². The highest BCUT2D eigenvalue weighted by Crippen LogP contribution is 2.24. The van der Waals surface area contributed by atoms with Gasteiger partial charge in [0.2, 0.25) is 5.88 Å². The molecule has 3 rings (SSSR count). The first-order valence-corrected chi connectivity index (χ1v) is 8.86. The van der Waals surface area contributed by atoms with Crippen molar-refractivity contribution in [2.45, 2.75) is 13.0 Å². The van der Waals surface area contributed by atoms with Crippen LogP contribution in [0.25, 0.3) is 0 Å². The van der Waals surface area contributed by atoms with Gasteiger partial charge in [0.25, 0.3) is 5.91 Å². The van der Waals surface area contributed by atoms with E-state index in [0.29, 0.717) is 11.4 Å². The summed E-state index contributed by atoms with van der Waals surface area (Å²) in [7, 11) is 1.59. The van der Waals surface area contributed by atoms with Crippen LogP contribution >= 0.6 is 0 Å². The van der Waals surface area contributed by atoms with Crippen LogP contribution in [0.4, 0.5) is 5.88 Å². The number of carbonyl (C=O) groups excluding carboxylic acids is 2. The summed E-state index contributed by atoms with van der Waals surface area (Å²) in [4.78, 5) is 24.6. The number of amides is 1. The largest absolute Gasteiger partial charge is 0.497 e. The maximum absolute atomic E-state index is 12.5. The van der Waals surface area contributed by atoms with Gasteiger partial charge in [-0.25, -0.2) is 4.79 Å². The van der Waals surface area contributed by atoms with E-state index in [1.54, 1.807) is 14.0 Å². The Morgan fingerprint density at radius 1 is 1.10 bits per heavy atom. The molecule has 0 fully saturated rings. The zero-order chi connectivity index (χ0) is 20.8. The van der Waals surface area contributed by atoms with Crippen LogP contribution in [0.1, 0.15) is 33.2 Å². The van der Waals surface area contributed by atoms with Crippen molar-refractivity contribution in [3.8, 4) is 5.75 Å². The molecule has 3 aromatic rings. The molecule has 1 amide bonds. The van der Waals surface area contributed by atoms with E-state index in [2.05, 4.69) is 10.5 Å². The first-order chi connectivity index (χ1) is 14.0. The van der Waals surface area contributed by atoms with Crippen molar-refractivity contribution in [2.24, 2.45) is 0 Å². The van der Waals surface area contributed by atoms with Gasteiger partial charge >= 0.3 is 5.97 Å². The smallest absolute Gasteiger partial charge is 0.346 e. The van der Waals surface area contributed by atoms with Crippen LogP contribution in [0, 0.1) is 6.92 Å². The lowest BCUT2D eigenvalue weighted by molar-refractivity contribution is -0.124. The van der Waals surface area contributed by atoms with Gasteiger partial charge in [-0.05, 0) is 30.2 Å². The number of aryl methyl sites for hydroxylation is 1. The Morgan fingerprint density at radius 2 is 1.76 bits per heavy atom. The van der Waals surface area contributed by atoms with Gasteiger partial charge in [0.1, 0.15) is 11.3 Å². The summed E-state index contributed by atoms with van der Waals surface area (Å²) in [5.74, 6) is -0.663. The highest BCUT2D eigenvalue weighted by atomic mass is 16.5. The summed E-state index contributed by atoms with van der Waals surface area (Å²) in [5, 5.41) is 6.48. The number of aromatic nitrogens is 1. The molecule has 1 atom stereocenters. The van der Waals surface area contributed by atoms with Gasteiger partial charge in [0.15, 0.2) is 6.61 Å². The molecule has 0 saturated heterocycles. The van der Waals surface area contributed by atoms with Crippen LogP contribution in [0.5, 0.6) is 5.75 Å². The molecule has 0 spiro atoms. The quantitative estimate of drug-likeness (QED) is 0.591. The number of nitrogens with zero attached hydrogens (tertiary/aromatic N) is 1. The maximum Gasteiger partial charge on any atom is 0.346 e. The Bertz CT molecular complexity index is 964. The Hall–Kier alpha value is -3.81. The maximum atomic E-state index is 12.5. The fourth-order valence-electron chi connectivity index (χ4n) is 2.84. The molecule has 150 valence electrons. The minimum absolute atomic E-state index is 0.0209. The standard InChI is InChI=1S/C21H21N3O5/c1-13-18(20(22)29-24-13)21(26)28-12-17(25)23-19(14-6-4-3-5-7-14)15-8-10-16(27-2)11-9-15/h3-11,19H,12,22H2,1-2H3,(H,23,25). The van der Waals surface area contributed by atoms with Gasteiger partial charge in [-0.3, -0.25) is 4.79 Å². The first-order valence-electron chi connectivity index (χ1n) is 8.86. The molecular formula is C21H21N3O5. The van der Waals surface area contributed by atoms with Crippen molar-refractivity contribution in [3.05, 3.63) is 77.0 Å². The highest BCUT2D eigenvalue weighted by molar-refractivity contribution is 5.96. The molecule has 3 N–H and O–H groups in total. The molecule has 1 aromatic heterocycles. The van der Waals surface area contributed by atoms with Crippen molar-refractivity contribution in [3.63, 3.8) is 0 Å². The SMILES string of the molecule is COc1ccc(C(NC(=O)COC(=O)c2c(C)noc2N)c2ccccc2)cc1. The van der Waals surface area contributed by atoms with Crippen LogP contribution in [0.2, 0.25) is 0 Å². The Morgan fingerprint density at radius 3 is 2.34 bits per heavy atom. The highest BCUT2D eigenvalue weighted by Gasteiger charge is 2.22. The molecule has 2 aromatic carbocycles. The van der Waals surface area contributed by atoms with Crippen molar-refractivity contribution in [1.82, 2.24) is 10.5 Å². The zero-order valence-electron chi connectivity index (χ0n) is 16.0. The number of hydrogen-bond donors (Lipinski definition) is 2. The molecule has 0 aliphatic carbocycles. The van der Waals surface area contributed by atoms with Crippen molar-refractivity contribution < 1.29 is 23.6 Å². The lowest BCUT2D eigenvalue weighted by Gasteiger charge is -2.20. The molecule has 0 saturated carbocycles. The number of methoxy groups -OCH3 is 1. The van der Waals surface area contributed by atoms with E-state index in [9.17, 15) is 9.59 Å². The van der Waals surface area contributed by atoms with Crippen LogP contribution in [0.3, 0.4) is 0 Å². The zero-order valence-corrected chi connectivity index (χ0v) is 16.0. The Kier molecular flexibility index (Phi) is 6.13. The van der Waals surface area contributed by atoms with E-state index in [0.717, 1.165) is 11.1 Å². The summed E-state index contributed by atoms with van der Waals surface area (Å²) in [6, 6.07) is 16.4. The van der Waals surface area contributed by atoms with Gasteiger partial charge < -0.3 is 25.0 Å². The summed E-state index contributed by atoms with van der Waals surface area (Å²) >= 11 is 0. The number of rotatable bonds is 7. The van der Waals surface area contributed by atoms with Gasteiger partial charge in [0, 0.05) is 0 Å². The molecule has 29 heavy (non-hydrogen) atoms. The number of esters is 1. The second-order valence-electron chi connectivity index (χ2n) is 6.27. The number of benzene rings is 2. The van der Waals surface area contributed by atoms with E-state index < -0.39 is 24.5 Å². The summed E-state index contributed by atoms with van der Waals surface area (Å²) < 4.78 is 15.0. The number of ether oxygens (including phenoxy) is 2. The third-order valence-electron chi connectivity index (χ3n) is 4.31. The van der Waals surface area contributed by atoms with Crippen molar-refractivity contribution >= 4 is 17.8 Å². The number of nitrogens with two attached hydrogens (primary N) is 1. The van der Waals surface area contributed by atoms with Crippen molar-refractivity contribution in [1.29, 1.82) is 0 Å². The fraction of sp³-hybridized carbons (Fsp3) is 0.190. The van der Waals surface area contributed by atoms with Crippen LogP contribution in [0.15, 0.2) is 59.1 Å².